The Labute approximate surface area is 158 Å². The first-order valence-corrected chi connectivity index (χ1v) is 9.99. The second kappa shape index (κ2) is 7.01. The first-order valence-electron chi connectivity index (χ1n) is 9.19. The van der Waals surface area contributed by atoms with Crippen LogP contribution in [0.15, 0.2) is 22.7 Å². The van der Waals surface area contributed by atoms with E-state index in [4.69, 9.17) is 15.2 Å². The fraction of sp³-hybridized carbons (Fsp3) is 0.650. The Balaban J connectivity index is 2.08. The van der Waals surface area contributed by atoms with Gasteiger partial charge in [-0.2, -0.15) is 0 Å². The molecule has 2 aliphatic rings. The second-order valence-corrected chi connectivity index (χ2v) is 8.39. The maximum Gasteiger partial charge on any atom is 0.331 e. The maximum absolute atomic E-state index is 13.1. The number of halogens is 1. The standard InChI is InChI=1S/C20H28BrNO3/c1-4-13-11-19(9-8-17(13)24-3)12-14-6-7-15(21)10-16(14)20(19,22)18(23)25-5-2/h6-7,10,13,17H,4-5,8-9,11-12,22H2,1-3H3/t13-,17-,19-,20+/m0/s1. The van der Waals surface area contributed by atoms with Crippen molar-refractivity contribution in [1.82, 2.24) is 0 Å². The number of hydrogen-bond donors (Lipinski definition) is 1. The van der Waals surface area contributed by atoms with E-state index >= 15 is 0 Å². The van der Waals surface area contributed by atoms with Gasteiger partial charge in [0.05, 0.1) is 12.7 Å². The van der Waals surface area contributed by atoms with Crippen molar-refractivity contribution in [2.24, 2.45) is 17.1 Å². The van der Waals surface area contributed by atoms with Crippen molar-refractivity contribution in [3.8, 4) is 0 Å². The molecule has 25 heavy (non-hydrogen) atoms. The molecule has 1 aromatic rings. The van der Waals surface area contributed by atoms with Gasteiger partial charge in [0.1, 0.15) is 5.54 Å². The van der Waals surface area contributed by atoms with Crippen LogP contribution < -0.4 is 5.73 Å². The molecule has 0 aliphatic heterocycles. The van der Waals surface area contributed by atoms with Gasteiger partial charge in [-0.3, -0.25) is 0 Å². The summed E-state index contributed by atoms with van der Waals surface area (Å²) in [6.07, 6.45) is 4.81. The van der Waals surface area contributed by atoms with Crippen molar-refractivity contribution in [1.29, 1.82) is 0 Å². The number of hydrogen-bond acceptors (Lipinski definition) is 4. The van der Waals surface area contributed by atoms with E-state index in [1.807, 2.05) is 19.1 Å². The van der Waals surface area contributed by atoms with Gasteiger partial charge >= 0.3 is 5.97 Å². The number of methoxy groups -OCH3 is 1. The number of rotatable bonds is 4. The number of carbonyl (C=O) groups is 1. The maximum atomic E-state index is 13.1. The van der Waals surface area contributed by atoms with E-state index in [0.29, 0.717) is 12.5 Å². The molecule has 1 spiro atoms. The fourth-order valence-corrected chi connectivity index (χ4v) is 5.42. The second-order valence-electron chi connectivity index (χ2n) is 7.47. The highest BCUT2D eigenvalue weighted by Crippen LogP contribution is 2.58. The SMILES string of the molecule is CCOC(=O)[C@]1(N)c2cc(Br)ccc2C[C@@]12CC[C@H](OC)[C@@H](CC)C2. The normalized spacial score (nSPS) is 34.1. The van der Waals surface area contributed by atoms with Crippen molar-refractivity contribution < 1.29 is 14.3 Å². The van der Waals surface area contributed by atoms with E-state index in [2.05, 4.69) is 28.9 Å². The molecule has 2 aliphatic carbocycles. The number of carbonyl (C=O) groups excluding carboxylic acids is 1. The highest BCUT2D eigenvalue weighted by atomic mass is 79.9. The third-order valence-electron chi connectivity index (χ3n) is 6.37. The van der Waals surface area contributed by atoms with Crippen LogP contribution in [0.3, 0.4) is 0 Å². The Morgan fingerprint density at radius 3 is 2.80 bits per heavy atom. The summed E-state index contributed by atoms with van der Waals surface area (Å²) in [4.78, 5) is 13.1. The predicted octanol–water partition coefficient (Wildman–Crippen LogP) is 3.93. The molecule has 4 nitrogen and oxygen atoms in total. The molecule has 5 heteroatoms. The van der Waals surface area contributed by atoms with E-state index in [1.165, 1.54) is 5.56 Å². The molecule has 0 radical (unpaired) electrons. The molecule has 0 saturated heterocycles. The summed E-state index contributed by atoms with van der Waals surface area (Å²) in [6, 6.07) is 6.13. The van der Waals surface area contributed by atoms with Crippen molar-refractivity contribution in [3.63, 3.8) is 0 Å². The number of fused-ring (bicyclic) bond motifs is 1. The zero-order valence-corrected chi connectivity index (χ0v) is 16.9. The van der Waals surface area contributed by atoms with Crippen LogP contribution in [0.2, 0.25) is 0 Å². The number of esters is 1. The van der Waals surface area contributed by atoms with E-state index in [9.17, 15) is 4.79 Å². The van der Waals surface area contributed by atoms with Gasteiger partial charge in [0.2, 0.25) is 0 Å². The van der Waals surface area contributed by atoms with Crippen LogP contribution in [0.25, 0.3) is 0 Å². The molecule has 0 aromatic heterocycles. The number of benzene rings is 1. The van der Waals surface area contributed by atoms with E-state index in [1.54, 1.807) is 7.11 Å². The molecule has 0 heterocycles. The molecular formula is C20H28BrNO3. The summed E-state index contributed by atoms with van der Waals surface area (Å²) in [5.74, 6) is 0.117. The molecule has 1 saturated carbocycles. The van der Waals surface area contributed by atoms with Gasteiger partial charge in [0.25, 0.3) is 0 Å². The number of ether oxygens (including phenoxy) is 2. The van der Waals surface area contributed by atoms with Crippen molar-refractivity contribution in [2.75, 3.05) is 13.7 Å². The molecule has 0 bridgehead atoms. The summed E-state index contributed by atoms with van der Waals surface area (Å²) < 4.78 is 12.1. The van der Waals surface area contributed by atoms with Gasteiger partial charge in [-0.05, 0) is 61.8 Å². The molecule has 1 fully saturated rings. The van der Waals surface area contributed by atoms with Crippen LogP contribution in [-0.4, -0.2) is 25.8 Å². The molecule has 2 N–H and O–H groups in total. The van der Waals surface area contributed by atoms with Gasteiger partial charge in [-0.25, -0.2) is 4.79 Å². The lowest BCUT2D eigenvalue weighted by Gasteiger charge is -2.49. The van der Waals surface area contributed by atoms with Crippen molar-refractivity contribution in [2.45, 2.75) is 57.6 Å². The summed E-state index contributed by atoms with van der Waals surface area (Å²) >= 11 is 3.54. The highest BCUT2D eigenvalue weighted by Gasteiger charge is 2.62. The van der Waals surface area contributed by atoms with E-state index in [0.717, 1.165) is 42.1 Å². The average molecular weight is 410 g/mol. The monoisotopic (exact) mass is 409 g/mol. The van der Waals surface area contributed by atoms with Gasteiger partial charge in [-0.1, -0.05) is 35.3 Å². The average Bonchev–Trinajstić information content (AvgIpc) is 2.84. The highest BCUT2D eigenvalue weighted by molar-refractivity contribution is 9.10. The Kier molecular flexibility index (Phi) is 5.29. The van der Waals surface area contributed by atoms with Crippen LogP contribution in [0.5, 0.6) is 0 Å². The molecule has 1 aromatic carbocycles. The van der Waals surface area contributed by atoms with Crippen molar-refractivity contribution in [3.05, 3.63) is 33.8 Å². The molecule has 138 valence electrons. The van der Waals surface area contributed by atoms with Gasteiger partial charge in [0.15, 0.2) is 0 Å². The molecule has 4 atom stereocenters. The summed E-state index contributed by atoms with van der Waals surface area (Å²) in [5.41, 5.74) is 7.66. The minimum Gasteiger partial charge on any atom is -0.464 e. The Morgan fingerprint density at radius 2 is 2.16 bits per heavy atom. The molecular weight excluding hydrogens is 382 g/mol. The quantitative estimate of drug-likeness (QED) is 0.764. The third kappa shape index (κ3) is 2.84. The summed E-state index contributed by atoms with van der Waals surface area (Å²) in [7, 11) is 1.78. The summed E-state index contributed by atoms with van der Waals surface area (Å²) in [6.45, 7) is 4.37. The summed E-state index contributed by atoms with van der Waals surface area (Å²) in [5, 5.41) is 0. The van der Waals surface area contributed by atoms with Crippen LogP contribution in [0, 0.1) is 11.3 Å². The van der Waals surface area contributed by atoms with E-state index < -0.39 is 5.54 Å². The Hall–Kier alpha value is -0.910. The minimum absolute atomic E-state index is 0.248. The topological polar surface area (TPSA) is 61.5 Å². The number of nitrogens with two attached hydrogens (primary N) is 1. The minimum atomic E-state index is -1.09. The molecule has 3 rings (SSSR count). The largest absolute Gasteiger partial charge is 0.464 e. The van der Waals surface area contributed by atoms with E-state index in [-0.39, 0.29) is 17.5 Å². The van der Waals surface area contributed by atoms with Crippen LogP contribution in [0.1, 0.15) is 50.7 Å². The van der Waals surface area contributed by atoms with Crippen LogP contribution in [-0.2, 0) is 26.2 Å². The zero-order valence-electron chi connectivity index (χ0n) is 15.3. The molecule has 0 amide bonds. The fourth-order valence-electron chi connectivity index (χ4n) is 5.06. The van der Waals surface area contributed by atoms with Gasteiger partial charge in [-0.15, -0.1) is 0 Å². The van der Waals surface area contributed by atoms with Gasteiger partial charge < -0.3 is 15.2 Å². The van der Waals surface area contributed by atoms with Crippen LogP contribution in [0.4, 0.5) is 0 Å². The first kappa shape index (κ1) is 18.9. The predicted molar refractivity (Wildman–Crippen MR) is 101 cm³/mol. The first-order chi connectivity index (χ1) is 11.9. The lowest BCUT2D eigenvalue weighted by atomic mass is 9.58. The van der Waals surface area contributed by atoms with Gasteiger partial charge in [0, 0.05) is 17.0 Å². The molecule has 0 unspecified atom stereocenters. The van der Waals surface area contributed by atoms with Crippen LogP contribution >= 0.6 is 15.9 Å². The van der Waals surface area contributed by atoms with Crippen molar-refractivity contribution >= 4 is 21.9 Å². The third-order valence-corrected chi connectivity index (χ3v) is 6.87. The Bertz CT molecular complexity index is 664. The lowest BCUT2D eigenvalue weighted by molar-refractivity contribution is -0.159. The zero-order chi connectivity index (χ0) is 18.2. The lowest BCUT2D eigenvalue weighted by Crippen LogP contribution is -2.59. The smallest absolute Gasteiger partial charge is 0.331 e. The Morgan fingerprint density at radius 1 is 1.40 bits per heavy atom.